The summed E-state index contributed by atoms with van der Waals surface area (Å²) in [6, 6.07) is 0.141. The van der Waals surface area contributed by atoms with Crippen LogP contribution in [0.15, 0.2) is 0 Å². The van der Waals surface area contributed by atoms with Gasteiger partial charge in [0, 0.05) is 12.6 Å². The van der Waals surface area contributed by atoms with E-state index in [1.54, 1.807) is 4.90 Å². The van der Waals surface area contributed by atoms with Gasteiger partial charge in [-0.3, -0.25) is 4.90 Å². The molecule has 0 aromatic heterocycles. The molecular weight excluding hydrogens is 253 g/mol. The second-order valence-corrected chi connectivity index (χ2v) is 6.66. The van der Waals surface area contributed by atoms with E-state index in [0.717, 1.165) is 32.1 Å². The fraction of sp³-hybridized carbons (Fsp3) is 1.00. The Bertz CT molecular complexity index is 302. The number of halogens is 3. The lowest BCUT2D eigenvalue weighted by molar-refractivity contribution is -0.151. The molecule has 0 amide bonds. The van der Waals surface area contributed by atoms with Crippen LogP contribution in [0.4, 0.5) is 13.2 Å². The smallest absolute Gasteiger partial charge is 0.330 e. The predicted molar refractivity (Wildman–Crippen MR) is 69.8 cm³/mol. The van der Waals surface area contributed by atoms with Crippen LogP contribution in [0.25, 0.3) is 0 Å². The van der Waals surface area contributed by atoms with Gasteiger partial charge >= 0.3 is 6.18 Å². The van der Waals surface area contributed by atoms with Gasteiger partial charge in [0.25, 0.3) is 0 Å². The second kappa shape index (κ2) is 5.60. The van der Waals surface area contributed by atoms with E-state index in [0.29, 0.717) is 19.0 Å². The third kappa shape index (κ3) is 4.35. The molecule has 0 heterocycles. The molecule has 112 valence electrons. The van der Waals surface area contributed by atoms with Crippen molar-refractivity contribution in [2.45, 2.75) is 57.7 Å². The minimum atomic E-state index is -4.10. The Balaban J connectivity index is 2.01. The summed E-state index contributed by atoms with van der Waals surface area (Å²) in [5.74, 6) is 0.587. The summed E-state index contributed by atoms with van der Waals surface area (Å²) < 4.78 is 38.0. The third-order valence-corrected chi connectivity index (χ3v) is 4.60. The number of alkyl halides is 3. The molecule has 0 bridgehead atoms. The molecule has 2 fully saturated rings. The minimum Gasteiger partial charge on any atom is -0.330 e. The molecule has 0 saturated heterocycles. The average Bonchev–Trinajstić information content (AvgIpc) is 3.10. The maximum Gasteiger partial charge on any atom is 0.401 e. The van der Waals surface area contributed by atoms with E-state index in [1.807, 2.05) is 0 Å². The molecule has 5 heteroatoms. The number of rotatable bonds is 5. The van der Waals surface area contributed by atoms with E-state index in [-0.39, 0.29) is 11.5 Å². The Kier molecular flexibility index (Phi) is 4.45. The lowest BCUT2D eigenvalue weighted by Crippen LogP contribution is -2.48. The molecule has 0 aromatic rings. The van der Waals surface area contributed by atoms with Gasteiger partial charge in [0.05, 0.1) is 6.54 Å². The van der Waals surface area contributed by atoms with Crippen LogP contribution in [-0.2, 0) is 0 Å². The molecule has 2 aliphatic carbocycles. The maximum atomic E-state index is 12.7. The first kappa shape index (κ1) is 15.1. The first-order chi connectivity index (χ1) is 8.84. The molecule has 2 rings (SSSR count). The molecule has 0 aliphatic heterocycles. The Hall–Kier alpha value is -0.290. The van der Waals surface area contributed by atoms with Gasteiger partial charge in [-0.25, -0.2) is 0 Å². The Morgan fingerprint density at radius 1 is 1.26 bits per heavy atom. The van der Waals surface area contributed by atoms with Crippen LogP contribution in [0.1, 0.15) is 45.4 Å². The summed E-state index contributed by atoms with van der Waals surface area (Å²) in [7, 11) is 0. The van der Waals surface area contributed by atoms with Gasteiger partial charge in [-0.15, -0.1) is 0 Å². The van der Waals surface area contributed by atoms with E-state index >= 15 is 0 Å². The van der Waals surface area contributed by atoms with Crippen LogP contribution < -0.4 is 5.73 Å². The maximum absolute atomic E-state index is 12.7. The Morgan fingerprint density at radius 2 is 1.95 bits per heavy atom. The molecule has 2 N–H and O–H groups in total. The molecule has 0 radical (unpaired) electrons. The Morgan fingerprint density at radius 3 is 2.42 bits per heavy atom. The first-order valence-corrected chi connectivity index (χ1v) is 7.34. The second-order valence-electron chi connectivity index (χ2n) is 6.66. The zero-order valence-electron chi connectivity index (χ0n) is 11.7. The van der Waals surface area contributed by atoms with E-state index in [4.69, 9.17) is 5.73 Å². The molecule has 2 nitrogen and oxygen atoms in total. The minimum absolute atomic E-state index is 0.0918. The van der Waals surface area contributed by atoms with Crippen molar-refractivity contribution in [1.29, 1.82) is 0 Å². The first-order valence-electron chi connectivity index (χ1n) is 7.34. The van der Waals surface area contributed by atoms with E-state index in [2.05, 4.69) is 6.92 Å². The molecule has 2 atom stereocenters. The largest absolute Gasteiger partial charge is 0.401 e. The van der Waals surface area contributed by atoms with Crippen molar-refractivity contribution in [1.82, 2.24) is 4.90 Å². The van der Waals surface area contributed by atoms with Gasteiger partial charge in [0.15, 0.2) is 0 Å². The van der Waals surface area contributed by atoms with Crippen molar-refractivity contribution in [2.24, 2.45) is 17.1 Å². The summed E-state index contributed by atoms with van der Waals surface area (Å²) in [6.07, 6.45) is 1.96. The molecule has 0 aromatic carbocycles. The van der Waals surface area contributed by atoms with Crippen molar-refractivity contribution in [3.63, 3.8) is 0 Å². The summed E-state index contributed by atoms with van der Waals surface area (Å²) in [4.78, 5) is 1.64. The molecule has 0 spiro atoms. The monoisotopic (exact) mass is 278 g/mol. The molecule has 2 unspecified atom stereocenters. The summed E-state index contributed by atoms with van der Waals surface area (Å²) in [5.41, 5.74) is 5.83. The van der Waals surface area contributed by atoms with Crippen LogP contribution in [-0.4, -0.2) is 36.8 Å². The van der Waals surface area contributed by atoms with Crippen LogP contribution >= 0.6 is 0 Å². The highest BCUT2D eigenvalue weighted by atomic mass is 19.4. The highest BCUT2D eigenvalue weighted by molar-refractivity contribution is 4.94. The lowest BCUT2D eigenvalue weighted by atomic mass is 9.69. The van der Waals surface area contributed by atoms with Crippen LogP contribution in [0.2, 0.25) is 0 Å². The van der Waals surface area contributed by atoms with Crippen molar-refractivity contribution >= 4 is 0 Å². The zero-order chi connectivity index (χ0) is 14.1. The fourth-order valence-electron chi connectivity index (χ4n) is 3.58. The van der Waals surface area contributed by atoms with Crippen molar-refractivity contribution in [3.05, 3.63) is 0 Å². The molecule has 2 aliphatic rings. The van der Waals surface area contributed by atoms with Gasteiger partial charge in [-0.05, 0) is 43.6 Å². The van der Waals surface area contributed by atoms with E-state index < -0.39 is 12.7 Å². The normalized spacial score (nSPS) is 32.8. The van der Waals surface area contributed by atoms with E-state index in [9.17, 15) is 13.2 Å². The number of hydrogen-bond acceptors (Lipinski definition) is 2. The van der Waals surface area contributed by atoms with Crippen molar-refractivity contribution < 1.29 is 13.2 Å². The third-order valence-electron chi connectivity index (χ3n) is 4.60. The highest BCUT2D eigenvalue weighted by Crippen LogP contribution is 2.41. The molecular formula is C14H25F3N2. The van der Waals surface area contributed by atoms with Gasteiger partial charge in [-0.1, -0.05) is 19.8 Å². The topological polar surface area (TPSA) is 29.3 Å². The fourth-order valence-corrected chi connectivity index (χ4v) is 3.58. The summed E-state index contributed by atoms with van der Waals surface area (Å²) in [5, 5.41) is 0. The number of hydrogen-bond donors (Lipinski definition) is 1. The SMILES string of the molecule is CC1CCCC(CN)(CN(CC(F)(F)F)C2CC2)C1. The predicted octanol–water partition coefficient (Wildman–Crippen LogP) is 3.17. The lowest BCUT2D eigenvalue weighted by Gasteiger charge is -2.43. The van der Waals surface area contributed by atoms with Gasteiger partial charge < -0.3 is 5.73 Å². The van der Waals surface area contributed by atoms with Gasteiger partial charge in [0.1, 0.15) is 0 Å². The van der Waals surface area contributed by atoms with Gasteiger partial charge in [-0.2, -0.15) is 13.2 Å². The van der Waals surface area contributed by atoms with Crippen LogP contribution in [0, 0.1) is 11.3 Å². The highest BCUT2D eigenvalue weighted by Gasteiger charge is 2.43. The van der Waals surface area contributed by atoms with Crippen LogP contribution in [0.3, 0.4) is 0 Å². The summed E-state index contributed by atoms with van der Waals surface area (Å²) >= 11 is 0. The van der Waals surface area contributed by atoms with Gasteiger partial charge in [0.2, 0.25) is 0 Å². The average molecular weight is 278 g/mol. The van der Waals surface area contributed by atoms with Crippen molar-refractivity contribution in [3.8, 4) is 0 Å². The Labute approximate surface area is 113 Å². The number of nitrogens with zero attached hydrogens (tertiary/aromatic N) is 1. The number of nitrogens with two attached hydrogens (primary N) is 1. The quantitative estimate of drug-likeness (QED) is 0.837. The van der Waals surface area contributed by atoms with Crippen LogP contribution in [0.5, 0.6) is 0 Å². The van der Waals surface area contributed by atoms with Crippen molar-refractivity contribution in [2.75, 3.05) is 19.6 Å². The van der Waals surface area contributed by atoms with E-state index in [1.165, 1.54) is 6.42 Å². The molecule has 2 saturated carbocycles. The molecule has 19 heavy (non-hydrogen) atoms. The standard InChI is InChI=1S/C14H25F3N2/c1-11-3-2-6-13(7-11,8-18)9-19(12-4-5-12)10-14(15,16)17/h11-12H,2-10,18H2,1H3. The summed E-state index contributed by atoms with van der Waals surface area (Å²) in [6.45, 7) is 2.46. The zero-order valence-corrected chi connectivity index (χ0v) is 11.7.